The number of nitrogens with one attached hydrogen (secondary N) is 2. The van der Waals surface area contributed by atoms with E-state index in [1.807, 2.05) is 18.2 Å². The van der Waals surface area contributed by atoms with E-state index in [0.29, 0.717) is 23.9 Å². The van der Waals surface area contributed by atoms with Crippen LogP contribution >= 0.6 is 12.2 Å². The zero-order chi connectivity index (χ0) is 17.7. The fourth-order valence-corrected chi connectivity index (χ4v) is 4.61. The van der Waals surface area contributed by atoms with E-state index in [0.717, 1.165) is 29.4 Å². The molecular formula is C19H25N3O2S. The fourth-order valence-electron chi connectivity index (χ4n) is 4.49. The van der Waals surface area contributed by atoms with Gasteiger partial charge in [-0.1, -0.05) is 26.8 Å². The first-order valence-electron chi connectivity index (χ1n) is 8.89. The molecule has 2 N–H and O–H groups in total. The van der Waals surface area contributed by atoms with Crippen LogP contribution in [0.5, 0.6) is 11.5 Å². The molecule has 1 aliphatic heterocycles. The third-order valence-electron chi connectivity index (χ3n) is 6.69. The van der Waals surface area contributed by atoms with Gasteiger partial charge in [0.2, 0.25) is 6.79 Å². The highest BCUT2D eigenvalue weighted by Gasteiger charge is 2.59. The maximum absolute atomic E-state index is 5.40. The molecule has 2 atom stereocenters. The minimum Gasteiger partial charge on any atom is -0.454 e. The molecule has 2 saturated carbocycles. The SMILES string of the molecule is CC1(C)[C@H]2CC[C@@]1(C)/C(=N/NC(=S)NCc1ccc3c(c1)OCO3)C2. The summed E-state index contributed by atoms with van der Waals surface area (Å²) in [4.78, 5) is 0. The number of nitrogens with zero attached hydrogens (tertiary/aromatic N) is 1. The lowest BCUT2D eigenvalue weighted by Gasteiger charge is -2.34. The third-order valence-corrected chi connectivity index (χ3v) is 6.93. The summed E-state index contributed by atoms with van der Waals surface area (Å²) in [6, 6.07) is 5.91. The Morgan fingerprint density at radius 2 is 2.08 bits per heavy atom. The van der Waals surface area contributed by atoms with Crippen molar-refractivity contribution in [3.05, 3.63) is 23.8 Å². The monoisotopic (exact) mass is 359 g/mol. The fraction of sp³-hybridized carbons (Fsp3) is 0.579. The number of fused-ring (bicyclic) bond motifs is 3. The summed E-state index contributed by atoms with van der Waals surface area (Å²) in [5, 5.41) is 8.42. The van der Waals surface area contributed by atoms with Crippen molar-refractivity contribution in [2.45, 2.75) is 46.6 Å². The van der Waals surface area contributed by atoms with E-state index in [1.165, 1.54) is 18.6 Å². The molecule has 2 aliphatic carbocycles. The second-order valence-electron chi connectivity index (χ2n) is 8.03. The molecule has 2 bridgehead atoms. The minimum absolute atomic E-state index is 0.192. The lowest BCUT2D eigenvalue weighted by Crippen LogP contribution is -2.36. The Morgan fingerprint density at radius 1 is 1.28 bits per heavy atom. The van der Waals surface area contributed by atoms with Crippen molar-refractivity contribution in [1.29, 1.82) is 0 Å². The summed E-state index contributed by atoms with van der Waals surface area (Å²) in [5.41, 5.74) is 5.92. The van der Waals surface area contributed by atoms with Crippen LogP contribution in [0.1, 0.15) is 45.6 Å². The van der Waals surface area contributed by atoms with Crippen LogP contribution in [0.25, 0.3) is 0 Å². The molecule has 0 saturated heterocycles. The summed E-state index contributed by atoms with van der Waals surface area (Å²) < 4.78 is 10.7. The van der Waals surface area contributed by atoms with Crippen LogP contribution in [0, 0.1) is 16.7 Å². The van der Waals surface area contributed by atoms with Gasteiger partial charge in [-0.3, -0.25) is 5.43 Å². The van der Waals surface area contributed by atoms with Crippen molar-refractivity contribution in [1.82, 2.24) is 10.7 Å². The Balaban J connectivity index is 1.34. The highest BCUT2D eigenvalue weighted by atomic mass is 32.1. The maximum atomic E-state index is 5.40. The Hall–Kier alpha value is -1.82. The Morgan fingerprint density at radius 3 is 2.80 bits per heavy atom. The van der Waals surface area contributed by atoms with Crippen molar-refractivity contribution >= 4 is 23.0 Å². The number of hydrazone groups is 1. The van der Waals surface area contributed by atoms with Crippen molar-refractivity contribution in [2.24, 2.45) is 21.8 Å². The molecule has 1 aromatic rings. The molecule has 6 heteroatoms. The summed E-state index contributed by atoms with van der Waals surface area (Å²) in [6.07, 6.45) is 3.62. The molecule has 3 aliphatic rings. The van der Waals surface area contributed by atoms with Crippen molar-refractivity contribution in [3.63, 3.8) is 0 Å². The number of benzene rings is 1. The van der Waals surface area contributed by atoms with Gasteiger partial charge < -0.3 is 14.8 Å². The van der Waals surface area contributed by atoms with Crippen LogP contribution in [-0.4, -0.2) is 17.6 Å². The lowest BCUT2D eigenvalue weighted by atomic mass is 9.70. The van der Waals surface area contributed by atoms with Crippen LogP contribution in [0.2, 0.25) is 0 Å². The van der Waals surface area contributed by atoms with Gasteiger partial charge in [0.1, 0.15) is 0 Å². The molecule has 1 aromatic carbocycles. The Labute approximate surface area is 154 Å². The van der Waals surface area contributed by atoms with E-state index in [1.54, 1.807) is 0 Å². The van der Waals surface area contributed by atoms with Crippen molar-refractivity contribution in [3.8, 4) is 11.5 Å². The lowest BCUT2D eigenvalue weighted by molar-refractivity contribution is 0.174. The van der Waals surface area contributed by atoms with Gasteiger partial charge in [0.25, 0.3) is 0 Å². The number of ether oxygens (including phenoxy) is 2. The molecule has 5 nitrogen and oxygen atoms in total. The van der Waals surface area contributed by atoms with E-state index in [9.17, 15) is 0 Å². The van der Waals surface area contributed by atoms with E-state index in [2.05, 4.69) is 36.6 Å². The molecule has 0 radical (unpaired) electrons. The zero-order valence-corrected chi connectivity index (χ0v) is 15.8. The van der Waals surface area contributed by atoms with Gasteiger partial charge in [0.05, 0.1) is 0 Å². The first-order valence-corrected chi connectivity index (χ1v) is 9.30. The average molecular weight is 359 g/mol. The van der Waals surface area contributed by atoms with E-state index in [4.69, 9.17) is 21.7 Å². The summed E-state index contributed by atoms with van der Waals surface area (Å²) >= 11 is 5.38. The van der Waals surface area contributed by atoms with E-state index in [-0.39, 0.29) is 5.41 Å². The topological polar surface area (TPSA) is 54.9 Å². The largest absolute Gasteiger partial charge is 0.454 e. The van der Waals surface area contributed by atoms with Crippen LogP contribution in [-0.2, 0) is 6.54 Å². The Bertz CT molecular complexity index is 746. The highest BCUT2D eigenvalue weighted by molar-refractivity contribution is 7.80. The second kappa shape index (κ2) is 5.87. The number of rotatable bonds is 3. The first kappa shape index (κ1) is 16.6. The predicted molar refractivity (Wildman–Crippen MR) is 102 cm³/mol. The highest BCUT2D eigenvalue weighted by Crippen LogP contribution is 2.63. The molecular weight excluding hydrogens is 334 g/mol. The van der Waals surface area contributed by atoms with Gasteiger partial charge in [0, 0.05) is 17.7 Å². The quantitative estimate of drug-likeness (QED) is 0.638. The van der Waals surface area contributed by atoms with Gasteiger partial charge in [-0.25, -0.2) is 0 Å². The molecule has 1 heterocycles. The average Bonchev–Trinajstić information content (AvgIpc) is 3.19. The van der Waals surface area contributed by atoms with Crippen molar-refractivity contribution in [2.75, 3.05) is 6.79 Å². The number of hydrogen-bond acceptors (Lipinski definition) is 4. The standard InChI is InChI=1S/C19H25N3O2S/c1-18(2)13-6-7-19(18,3)16(9-13)21-22-17(25)20-10-12-4-5-14-15(8-12)24-11-23-14/h4-5,8,13H,6-7,9-11H2,1-3H3,(H2,20,22,25)/b21-16+/t13-,19-/m0/s1. The second-order valence-corrected chi connectivity index (χ2v) is 8.44. The summed E-state index contributed by atoms with van der Waals surface area (Å²) in [5.74, 6) is 2.33. The number of thiocarbonyl (C=S) groups is 1. The van der Waals surface area contributed by atoms with Gasteiger partial charge in [-0.05, 0) is 60.5 Å². The smallest absolute Gasteiger partial charge is 0.231 e. The normalized spacial score (nSPS) is 29.9. The molecule has 0 unspecified atom stereocenters. The van der Waals surface area contributed by atoms with Crippen molar-refractivity contribution < 1.29 is 9.47 Å². The van der Waals surface area contributed by atoms with Crippen LogP contribution in [0.3, 0.4) is 0 Å². The molecule has 0 spiro atoms. The molecule has 2 fully saturated rings. The molecule has 134 valence electrons. The Kier molecular flexibility index (Phi) is 3.90. The van der Waals surface area contributed by atoms with E-state index >= 15 is 0 Å². The summed E-state index contributed by atoms with van der Waals surface area (Å²) in [7, 11) is 0. The van der Waals surface area contributed by atoms with Gasteiger partial charge in [-0.2, -0.15) is 5.10 Å². The van der Waals surface area contributed by atoms with Gasteiger partial charge >= 0.3 is 0 Å². The molecule has 25 heavy (non-hydrogen) atoms. The van der Waals surface area contributed by atoms with Crippen LogP contribution < -0.4 is 20.2 Å². The van der Waals surface area contributed by atoms with Crippen LogP contribution in [0.15, 0.2) is 23.3 Å². The van der Waals surface area contributed by atoms with E-state index < -0.39 is 0 Å². The number of hydrogen-bond donors (Lipinski definition) is 2. The third kappa shape index (κ3) is 2.67. The van der Waals surface area contributed by atoms with Crippen LogP contribution in [0.4, 0.5) is 0 Å². The molecule has 0 amide bonds. The maximum Gasteiger partial charge on any atom is 0.231 e. The van der Waals surface area contributed by atoms with Gasteiger partial charge in [-0.15, -0.1) is 0 Å². The molecule has 4 rings (SSSR count). The predicted octanol–water partition coefficient (Wildman–Crippen LogP) is 3.58. The molecule has 0 aromatic heterocycles. The minimum atomic E-state index is 0.192. The van der Waals surface area contributed by atoms with Gasteiger partial charge in [0.15, 0.2) is 16.6 Å². The zero-order valence-electron chi connectivity index (χ0n) is 15.0. The summed E-state index contributed by atoms with van der Waals surface area (Å²) in [6.45, 7) is 8.02. The first-order chi connectivity index (χ1) is 11.9.